The number of ketones is 1. The highest BCUT2D eigenvalue weighted by atomic mass is 35.5. The van der Waals surface area contributed by atoms with E-state index in [9.17, 15) is 4.79 Å². The molecule has 0 radical (unpaired) electrons. The summed E-state index contributed by atoms with van der Waals surface area (Å²) in [4.78, 5) is 11.6. The zero-order valence-electron chi connectivity index (χ0n) is 8.00. The van der Waals surface area contributed by atoms with Crippen LogP contribution in [0, 0.1) is 11.8 Å². The third-order valence-electron chi connectivity index (χ3n) is 3.75. The fourth-order valence-electron chi connectivity index (χ4n) is 2.92. The lowest BCUT2D eigenvalue weighted by atomic mass is 9.71. The van der Waals surface area contributed by atoms with Crippen LogP contribution in [0.2, 0.25) is 0 Å². The molecule has 0 amide bonds. The normalized spacial score (nSPS) is 40.4. The number of fused-ring (bicyclic) bond motifs is 1. The number of hydrogen-bond donors (Lipinski definition) is 0. The molecule has 3 aliphatic rings. The summed E-state index contributed by atoms with van der Waals surface area (Å²) in [6.07, 6.45) is 9.26. The molecule has 2 saturated carbocycles. The zero-order chi connectivity index (χ0) is 9.71. The maximum Gasteiger partial charge on any atom is 0.159 e. The molecule has 0 bridgehead atoms. The van der Waals surface area contributed by atoms with Gasteiger partial charge in [0.05, 0.1) is 11.3 Å². The quantitative estimate of drug-likeness (QED) is 0.560. The van der Waals surface area contributed by atoms with Gasteiger partial charge in [0, 0.05) is 5.92 Å². The van der Waals surface area contributed by atoms with Crippen molar-refractivity contribution in [3.05, 3.63) is 23.3 Å². The van der Waals surface area contributed by atoms with Gasteiger partial charge in [-0.25, -0.2) is 0 Å². The van der Waals surface area contributed by atoms with Crippen LogP contribution >= 0.6 is 11.6 Å². The Labute approximate surface area is 88.8 Å². The number of hydrogen-bond acceptors (Lipinski definition) is 1. The van der Waals surface area contributed by atoms with Crippen LogP contribution in [0.25, 0.3) is 0 Å². The fourth-order valence-corrected chi connectivity index (χ4v) is 3.28. The minimum Gasteiger partial charge on any atom is -0.297 e. The van der Waals surface area contributed by atoms with E-state index in [2.05, 4.69) is 12.2 Å². The van der Waals surface area contributed by atoms with Crippen molar-refractivity contribution in [3.8, 4) is 0 Å². The van der Waals surface area contributed by atoms with Gasteiger partial charge in [0.15, 0.2) is 5.78 Å². The molecule has 0 aromatic heterocycles. The number of alkyl halides is 1. The van der Waals surface area contributed by atoms with Crippen molar-refractivity contribution in [3.63, 3.8) is 0 Å². The second-order valence-corrected chi connectivity index (χ2v) is 4.95. The average molecular weight is 209 g/mol. The van der Waals surface area contributed by atoms with Crippen LogP contribution in [-0.2, 0) is 4.79 Å². The molecule has 0 N–H and O–H groups in total. The topological polar surface area (TPSA) is 17.1 Å². The third kappa shape index (κ3) is 0.993. The highest BCUT2D eigenvalue weighted by Gasteiger charge is 2.51. The second kappa shape index (κ2) is 2.96. The van der Waals surface area contributed by atoms with Crippen molar-refractivity contribution >= 4 is 17.4 Å². The highest BCUT2D eigenvalue weighted by molar-refractivity contribution is 6.35. The van der Waals surface area contributed by atoms with E-state index >= 15 is 0 Å². The zero-order valence-corrected chi connectivity index (χ0v) is 8.76. The van der Waals surface area contributed by atoms with Gasteiger partial charge in [-0.2, -0.15) is 0 Å². The van der Waals surface area contributed by atoms with E-state index in [1.54, 1.807) is 0 Å². The molecule has 3 atom stereocenters. The summed E-state index contributed by atoms with van der Waals surface area (Å²) in [5, 5.41) is -0.240. The summed E-state index contributed by atoms with van der Waals surface area (Å²) in [5.74, 6) is 0.703. The Morgan fingerprint density at radius 3 is 2.71 bits per heavy atom. The summed E-state index contributed by atoms with van der Waals surface area (Å²) in [6.45, 7) is 0. The van der Waals surface area contributed by atoms with E-state index in [-0.39, 0.29) is 17.1 Å². The average Bonchev–Trinajstić information content (AvgIpc) is 2.83. The van der Waals surface area contributed by atoms with Gasteiger partial charge in [-0.1, -0.05) is 17.7 Å². The minimum absolute atomic E-state index is 0.144. The number of Topliss-reactive ketones (excluding diaryl/α,β-unsaturated/α-hetero) is 1. The smallest absolute Gasteiger partial charge is 0.159 e. The van der Waals surface area contributed by atoms with E-state index in [1.165, 1.54) is 36.8 Å². The highest BCUT2D eigenvalue weighted by Crippen LogP contribution is 2.48. The van der Waals surface area contributed by atoms with E-state index in [0.717, 1.165) is 0 Å². The Hall–Kier alpha value is -0.560. The van der Waals surface area contributed by atoms with Crippen LogP contribution in [0.15, 0.2) is 23.3 Å². The number of halogens is 1. The van der Waals surface area contributed by atoms with Gasteiger partial charge in [-0.05, 0) is 31.3 Å². The molecule has 14 heavy (non-hydrogen) atoms. The first-order valence-electron chi connectivity index (χ1n) is 5.37. The van der Waals surface area contributed by atoms with E-state index < -0.39 is 0 Å². The Balaban J connectivity index is 1.94. The van der Waals surface area contributed by atoms with Crippen molar-refractivity contribution in [2.24, 2.45) is 11.8 Å². The second-order valence-electron chi connectivity index (χ2n) is 4.48. The molecule has 3 aliphatic carbocycles. The molecule has 74 valence electrons. The van der Waals surface area contributed by atoms with Gasteiger partial charge >= 0.3 is 0 Å². The summed E-state index contributed by atoms with van der Waals surface area (Å²) < 4.78 is 0. The van der Waals surface area contributed by atoms with Crippen molar-refractivity contribution < 1.29 is 4.79 Å². The molecular formula is C12H13ClO. The first-order chi connectivity index (χ1) is 6.79. The molecule has 2 fully saturated rings. The van der Waals surface area contributed by atoms with Gasteiger partial charge in [0.25, 0.3) is 0 Å². The summed E-state index contributed by atoms with van der Waals surface area (Å²) >= 11 is 5.95. The van der Waals surface area contributed by atoms with Crippen LogP contribution in [0.5, 0.6) is 0 Å². The van der Waals surface area contributed by atoms with E-state index in [4.69, 9.17) is 11.6 Å². The van der Waals surface area contributed by atoms with Crippen molar-refractivity contribution in [2.45, 2.75) is 31.1 Å². The molecule has 0 aromatic rings. The molecular weight excluding hydrogens is 196 g/mol. The van der Waals surface area contributed by atoms with Crippen LogP contribution in [-0.4, -0.2) is 11.2 Å². The first kappa shape index (κ1) is 8.72. The van der Waals surface area contributed by atoms with Gasteiger partial charge < -0.3 is 0 Å². The number of carbonyl (C=O) groups excluding carboxylic acids is 1. The molecule has 0 saturated heterocycles. The SMILES string of the molecule is O=C1[C@@H]2C(=C3CCCC3)C=C[C@@H]2[C@@H]1Cl. The van der Waals surface area contributed by atoms with Crippen molar-refractivity contribution in [1.29, 1.82) is 0 Å². The monoisotopic (exact) mass is 208 g/mol. The molecule has 2 heteroatoms. The standard InChI is InChI=1S/C12H13ClO/c13-11-9-6-5-8(10(9)12(11)14)7-3-1-2-4-7/h5-6,9-11H,1-4H2/t9-,10+,11-/m0/s1. The van der Waals surface area contributed by atoms with Crippen LogP contribution in [0.1, 0.15) is 25.7 Å². The summed E-state index contributed by atoms with van der Waals surface area (Å²) in [6, 6.07) is 0. The van der Waals surface area contributed by atoms with Crippen LogP contribution in [0.3, 0.4) is 0 Å². The Morgan fingerprint density at radius 2 is 2.00 bits per heavy atom. The van der Waals surface area contributed by atoms with Crippen LogP contribution < -0.4 is 0 Å². The van der Waals surface area contributed by atoms with E-state index in [0.29, 0.717) is 5.92 Å². The molecule has 1 nitrogen and oxygen atoms in total. The lowest BCUT2D eigenvalue weighted by molar-refractivity contribution is -0.129. The van der Waals surface area contributed by atoms with Gasteiger partial charge in [-0.3, -0.25) is 4.79 Å². The molecule has 0 heterocycles. The summed E-state index contributed by atoms with van der Waals surface area (Å²) in [5.41, 5.74) is 2.83. The van der Waals surface area contributed by atoms with Crippen LogP contribution in [0.4, 0.5) is 0 Å². The van der Waals surface area contributed by atoms with E-state index in [1.807, 2.05) is 0 Å². The molecule has 0 spiro atoms. The Morgan fingerprint density at radius 1 is 1.29 bits per heavy atom. The molecule has 0 unspecified atom stereocenters. The molecule has 0 aliphatic heterocycles. The van der Waals surface area contributed by atoms with Crippen molar-refractivity contribution in [1.82, 2.24) is 0 Å². The number of rotatable bonds is 0. The summed E-state index contributed by atoms with van der Waals surface area (Å²) in [7, 11) is 0. The predicted octanol–water partition coefficient (Wildman–Crippen LogP) is 2.85. The van der Waals surface area contributed by atoms with Gasteiger partial charge in [0.2, 0.25) is 0 Å². The number of allylic oxidation sites excluding steroid dienone is 4. The minimum atomic E-state index is -0.240. The lowest BCUT2D eigenvalue weighted by Crippen LogP contribution is -2.46. The lowest BCUT2D eigenvalue weighted by Gasteiger charge is -2.35. The maximum absolute atomic E-state index is 11.6. The first-order valence-corrected chi connectivity index (χ1v) is 5.80. The Kier molecular flexibility index (Phi) is 1.85. The number of carbonyl (C=O) groups is 1. The predicted molar refractivity (Wildman–Crippen MR) is 56.3 cm³/mol. The van der Waals surface area contributed by atoms with Crippen molar-refractivity contribution in [2.75, 3.05) is 0 Å². The molecule has 0 aromatic carbocycles. The van der Waals surface area contributed by atoms with Gasteiger partial charge in [0.1, 0.15) is 0 Å². The third-order valence-corrected chi connectivity index (χ3v) is 4.26. The molecule has 3 rings (SSSR count). The fraction of sp³-hybridized carbons (Fsp3) is 0.583. The Bertz CT molecular complexity index is 345. The largest absolute Gasteiger partial charge is 0.297 e. The maximum atomic E-state index is 11.6. The van der Waals surface area contributed by atoms with Gasteiger partial charge in [-0.15, -0.1) is 11.6 Å².